The van der Waals surface area contributed by atoms with Crippen molar-refractivity contribution in [3.8, 4) is 0 Å². The van der Waals surface area contributed by atoms with E-state index >= 15 is 0 Å². The van der Waals surface area contributed by atoms with Crippen LogP contribution in [0.2, 0.25) is 0 Å². The summed E-state index contributed by atoms with van der Waals surface area (Å²) in [5.41, 5.74) is 1.23. The molecule has 130 valence electrons. The predicted octanol–water partition coefficient (Wildman–Crippen LogP) is 0.316. The summed E-state index contributed by atoms with van der Waals surface area (Å²) in [6, 6.07) is 7.36. The van der Waals surface area contributed by atoms with Crippen molar-refractivity contribution in [3.63, 3.8) is 0 Å². The van der Waals surface area contributed by atoms with Crippen LogP contribution in [0.25, 0.3) is 0 Å². The lowest BCUT2D eigenvalue weighted by atomic mass is 10.4. The quantitative estimate of drug-likeness (QED) is 0.744. The van der Waals surface area contributed by atoms with Gasteiger partial charge >= 0.3 is 0 Å². The van der Waals surface area contributed by atoms with Gasteiger partial charge in [-0.1, -0.05) is 0 Å². The van der Waals surface area contributed by atoms with Crippen LogP contribution < -0.4 is 16.3 Å². The number of carbonyl (C=O) groups is 1. The fraction of sp³-hybridized carbons (Fsp3) is 0.111. The zero-order chi connectivity index (χ0) is 18.0. The lowest BCUT2D eigenvalue weighted by Crippen LogP contribution is -2.39. The van der Waals surface area contributed by atoms with Crippen LogP contribution in [0.3, 0.4) is 0 Å². The van der Waals surface area contributed by atoms with E-state index in [0.29, 0.717) is 40.1 Å². The number of hydrogen-bond acceptors (Lipinski definition) is 7. The molecule has 0 amide bonds. The first-order valence-electron chi connectivity index (χ1n) is 8.48. The topological polar surface area (TPSA) is 101 Å². The number of nitrogens with one attached hydrogen (secondary N) is 1. The number of aldehydes is 1. The van der Waals surface area contributed by atoms with Gasteiger partial charge in [-0.25, -0.2) is 25.0 Å². The first-order valence-corrected chi connectivity index (χ1v) is 8.48. The fourth-order valence-corrected chi connectivity index (χ4v) is 3.55. The van der Waals surface area contributed by atoms with Crippen LogP contribution in [0.5, 0.6) is 0 Å². The van der Waals surface area contributed by atoms with Gasteiger partial charge in [0.05, 0.1) is 0 Å². The molecule has 1 N–H and O–H groups in total. The summed E-state index contributed by atoms with van der Waals surface area (Å²) in [4.78, 5) is 35.2. The summed E-state index contributed by atoms with van der Waals surface area (Å²) in [5.74, 6) is 2.95. The summed E-state index contributed by atoms with van der Waals surface area (Å²) in [7, 11) is 0. The average molecular weight is 356 g/mol. The molecule has 9 nitrogen and oxygen atoms in total. The van der Waals surface area contributed by atoms with Crippen molar-refractivity contribution >= 4 is 35.4 Å². The molecule has 6 heterocycles. The Kier molecular flexibility index (Phi) is 2.69. The second-order valence-electron chi connectivity index (χ2n) is 6.35. The highest BCUT2D eigenvalue weighted by Gasteiger charge is 2.25. The maximum atomic E-state index is 12.2. The molecule has 4 aliphatic heterocycles. The summed E-state index contributed by atoms with van der Waals surface area (Å²) < 4.78 is 3.55. The third-order valence-electron chi connectivity index (χ3n) is 4.71. The summed E-state index contributed by atoms with van der Waals surface area (Å²) in [5, 5.41) is 3.24. The van der Waals surface area contributed by atoms with Crippen molar-refractivity contribution in [3.05, 3.63) is 59.5 Å². The Morgan fingerprint density at radius 3 is 2.48 bits per heavy atom. The molecule has 2 aromatic rings. The third-order valence-corrected chi connectivity index (χ3v) is 4.71. The van der Waals surface area contributed by atoms with Gasteiger partial charge in [-0.05, 0) is 48.6 Å². The molecule has 0 fully saturated rings. The summed E-state index contributed by atoms with van der Waals surface area (Å²) in [6.45, 7) is 0. The van der Waals surface area contributed by atoms with Gasteiger partial charge in [0, 0.05) is 0 Å². The highest BCUT2D eigenvalue weighted by Crippen LogP contribution is 2.30. The van der Waals surface area contributed by atoms with Crippen molar-refractivity contribution in [1.29, 1.82) is 0 Å². The van der Waals surface area contributed by atoms with Gasteiger partial charge in [-0.2, -0.15) is 0 Å². The van der Waals surface area contributed by atoms with E-state index in [2.05, 4.69) is 25.3 Å². The lowest BCUT2D eigenvalue weighted by molar-refractivity contribution is -0.111. The Morgan fingerprint density at radius 2 is 1.63 bits per heavy atom. The number of nitrogens with zero attached hydrogens (tertiary/aromatic N) is 7. The van der Waals surface area contributed by atoms with Crippen LogP contribution in [0.1, 0.15) is 6.17 Å². The monoisotopic (exact) mass is 356 g/mol. The molecule has 0 saturated carbocycles. The molecule has 0 saturated heterocycles. The fourth-order valence-electron chi connectivity index (χ4n) is 3.55. The molecule has 6 rings (SSSR count). The maximum absolute atomic E-state index is 12.2. The van der Waals surface area contributed by atoms with Crippen molar-refractivity contribution in [2.75, 3.05) is 0 Å². The molecule has 2 unspecified atom stereocenters. The third kappa shape index (κ3) is 2.05. The van der Waals surface area contributed by atoms with E-state index in [-0.39, 0.29) is 6.17 Å². The van der Waals surface area contributed by atoms with Gasteiger partial charge in [0.1, 0.15) is 34.6 Å². The van der Waals surface area contributed by atoms with Crippen LogP contribution in [0.15, 0.2) is 73.5 Å². The van der Waals surface area contributed by atoms with E-state index in [9.17, 15) is 4.79 Å². The lowest BCUT2D eigenvalue weighted by Gasteiger charge is -2.20. The standard InChI is InChI=1S/C18H12N8O/c27-9-18-25-14-5-6-16(25)23-12-3-4-13(20-12)24-17-8-7-15(26(17)18)22-11-2-1-10(19-11)21-14/h1-10,18H,(H,19,22)/b21-14-,23-16-,24-13-. The van der Waals surface area contributed by atoms with Gasteiger partial charge in [0.25, 0.3) is 0 Å². The van der Waals surface area contributed by atoms with Gasteiger partial charge in [-0.3, -0.25) is 13.9 Å². The van der Waals surface area contributed by atoms with Gasteiger partial charge in [0.2, 0.25) is 0 Å². The normalized spacial score (nSPS) is 29.9. The Hall–Kier alpha value is -3.88. The number of aliphatic imine (C=N–C) groups is 3. The van der Waals surface area contributed by atoms with Crippen LogP contribution in [0, 0.1) is 0 Å². The molecule has 0 spiro atoms. The van der Waals surface area contributed by atoms with E-state index in [1.807, 2.05) is 36.4 Å². The Morgan fingerprint density at radius 1 is 0.852 bits per heavy atom. The number of rotatable bonds is 1. The molecular formula is C18H12N8O. The van der Waals surface area contributed by atoms with Gasteiger partial charge < -0.3 is 5.32 Å². The van der Waals surface area contributed by atoms with E-state index in [1.54, 1.807) is 21.3 Å². The largest absolute Gasteiger partial charge is 0.345 e. The highest BCUT2D eigenvalue weighted by atomic mass is 16.1. The molecule has 0 radical (unpaired) electrons. The SMILES string of the molecule is O=CC1n2c3ccc2/N=C2/C=CC(/N=c4/cc/c(n41)=N/C1=NC(=N\3)/C=C1)N2. The highest BCUT2D eigenvalue weighted by molar-refractivity contribution is 6.15. The Balaban J connectivity index is 1.81. The molecule has 0 aliphatic carbocycles. The van der Waals surface area contributed by atoms with Crippen molar-refractivity contribution in [2.24, 2.45) is 25.0 Å². The van der Waals surface area contributed by atoms with Crippen molar-refractivity contribution < 1.29 is 4.79 Å². The van der Waals surface area contributed by atoms with E-state index in [0.717, 1.165) is 6.29 Å². The predicted molar refractivity (Wildman–Crippen MR) is 98.5 cm³/mol. The van der Waals surface area contributed by atoms with E-state index in [1.165, 1.54) is 0 Å². The van der Waals surface area contributed by atoms with Gasteiger partial charge in [0.15, 0.2) is 24.1 Å². The first-order chi connectivity index (χ1) is 13.3. The van der Waals surface area contributed by atoms with Gasteiger partial charge in [-0.15, -0.1) is 0 Å². The summed E-state index contributed by atoms with van der Waals surface area (Å²) in [6.07, 6.45) is 7.29. The van der Waals surface area contributed by atoms with Crippen LogP contribution in [0.4, 0.5) is 11.6 Å². The molecule has 2 atom stereocenters. The molecule has 2 aromatic heterocycles. The van der Waals surface area contributed by atoms with Crippen molar-refractivity contribution in [1.82, 2.24) is 14.5 Å². The Labute approximate surface area is 152 Å². The second-order valence-corrected chi connectivity index (χ2v) is 6.35. The van der Waals surface area contributed by atoms with E-state index < -0.39 is 6.17 Å². The molecular weight excluding hydrogens is 344 g/mol. The molecule has 9 heteroatoms. The molecule has 4 aliphatic rings. The molecule has 27 heavy (non-hydrogen) atoms. The number of carbonyl (C=O) groups excluding carboxylic acids is 1. The maximum Gasteiger partial charge on any atom is 0.172 e. The smallest absolute Gasteiger partial charge is 0.172 e. The summed E-state index contributed by atoms with van der Waals surface area (Å²) >= 11 is 0. The van der Waals surface area contributed by atoms with E-state index in [4.69, 9.17) is 4.99 Å². The minimum Gasteiger partial charge on any atom is -0.345 e. The van der Waals surface area contributed by atoms with Crippen LogP contribution in [-0.4, -0.2) is 39.1 Å². The minimum absolute atomic E-state index is 0.250. The van der Waals surface area contributed by atoms with Crippen LogP contribution in [-0.2, 0) is 4.79 Å². The molecule has 6 bridgehead atoms. The second kappa shape index (κ2) is 5.07. The zero-order valence-electron chi connectivity index (χ0n) is 13.9. The molecule has 0 aromatic carbocycles. The Bertz CT molecular complexity index is 1280. The zero-order valence-corrected chi connectivity index (χ0v) is 13.9. The van der Waals surface area contributed by atoms with Crippen molar-refractivity contribution in [2.45, 2.75) is 12.3 Å². The average Bonchev–Trinajstić information content (AvgIpc) is 3.43. The number of fused-ring (bicyclic) bond motifs is 3. The number of hydrogen-bond donors (Lipinski definition) is 1. The number of amidine groups is 3. The first kappa shape index (κ1) is 14.3. The minimum atomic E-state index is -0.721. The number of aromatic nitrogens is 2. The van der Waals surface area contributed by atoms with Crippen LogP contribution >= 0.6 is 0 Å².